The van der Waals surface area contributed by atoms with Crippen molar-refractivity contribution in [1.29, 1.82) is 0 Å². The molecule has 0 spiro atoms. The third-order valence-corrected chi connectivity index (χ3v) is 6.71. The number of hydrogen-bond donors (Lipinski definition) is 9. The van der Waals surface area contributed by atoms with Gasteiger partial charge in [-0.2, -0.15) is 0 Å². The number of nitrogens with two attached hydrogens (primary N) is 5. The summed E-state index contributed by atoms with van der Waals surface area (Å²) in [5.74, 6) is -3.50. The first-order chi connectivity index (χ1) is 19.5. The zero-order chi connectivity index (χ0) is 30.8. The largest absolute Gasteiger partial charge is 0.480 e. The van der Waals surface area contributed by atoms with E-state index in [2.05, 4.69) is 20.9 Å². The smallest absolute Gasteiger partial charge is 0.326 e. The first-order valence-corrected chi connectivity index (χ1v) is 14.1. The van der Waals surface area contributed by atoms with E-state index < -0.39 is 54.4 Å². The zero-order valence-electron chi connectivity index (χ0n) is 23.7. The lowest BCUT2D eigenvalue weighted by Gasteiger charge is -2.27. The van der Waals surface area contributed by atoms with Crippen molar-refractivity contribution >= 4 is 35.6 Å². The molecule has 4 atom stereocenters. The summed E-state index contributed by atoms with van der Waals surface area (Å²) in [6.45, 7) is 1.03. The molecule has 41 heavy (non-hydrogen) atoms. The Morgan fingerprint density at radius 1 is 0.902 bits per heavy atom. The van der Waals surface area contributed by atoms with Crippen molar-refractivity contribution in [2.24, 2.45) is 33.7 Å². The number of carbonyl (C=O) groups excluding carboxylic acids is 4. The topological polar surface area (TPSA) is 287 Å². The number of carbonyl (C=O) groups is 5. The molecule has 0 saturated carbocycles. The quantitative estimate of drug-likeness (QED) is 0.0390. The highest BCUT2D eigenvalue weighted by atomic mass is 16.4. The van der Waals surface area contributed by atoms with Crippen LogP contribution >= 0.6 is 0 Å². The van der Waals surface area contributed by atoms with Crippen molar-refractivity contribution in [1.82, 2.24) is 20.9 Å². The summed E-state index contributed by atoms with van der Waals surface area (Å²) in [6.07, 6.45) is 4.69. The van der Waals surface area contributed by atoms with Crippen molar-refractivity contribution in [3.05, 3.63) is 0 Å². The van der Waals surface area contributed by atoms with E-state index in [9.17, 15) is 29.1 Å². The summed E-state index contributed by atoms with van der Waals surface area (Å²) in [4.78, 5) is 68.2. The van der Waals surface area contributed by atoms with Gasteiger partial charge >= 0.3 is 5.97 Å². The SMILES string of the molecule is NCCCCC(N)C(=O)N1CCCC1C(=O)NCC(=O)NC(CCCN=C(N)N)C(=O)NC(CCCCN)C(=O)O. The average Bonchev–Trinajstić information content (AvgIpc) is 3.42. The predicted molar refractivity (Wildman–Crippen MR) is 153 cm³/mol. The van der Waals surface area contributed by atoms with Crippen molar-refractivity contribution in [3.8, 4) is 0 Å². The highest BCUT2D eigenvalue weighted by Crippen LogP contribution is 2.19. The molecule has 0 bridgehead atoms. The second kappa shape index (κ2) is 19.6. The van der Waals surface area contributed by atoms with Gasteiger partial charge in [0.2, 0.25) is 23.6 Å². The minimum atomic E-state index is -1.21. The third-order valence-electron chi connectivity index (χ3n) is 6.71. The van der Waals surface area contributed by atoms with E-state index in [4.69, 9.17) is 28.7 Å². The van der Waals surface area contributed by atoms with Gasteiger partial charge in [-0.25, -0.2) is 4.79 Å². The molecule has 1 aliphatic rings. The van der Waals surface area contributed by atoms with Gasteiger partial charge in [0.15, 0.2) is 5.96 Å². The van der Waals surface area contributed by atoms with Gasteiger partial charge in [-0.05, 0) is 70.9 Å². The Hall–Kier alpha value is -3.50. The molecule has 0 aromatic heterocycles. The highest BCUT2D eigenvalue weighted by Gasteiger charge is 2.36. The second-order valence-electron chi connectivity index (χ2n) is 10.1. The van der Waals surface area contributed by atoms with Crippen LogP contribution in [0.5, 0.6) is 0 Å². The predicted octanol–water partition coefficient (Wildman–Crippen LogP) is -3.21. The highest BCUT2D eigenvalue weighted by molar-refractivity contribution is 5.94. The van der Waals surface area contributed by atoms with Gasteiger partial charge in [-0.1, -0.05) is 6.42 Å². The number of amides is 4. The van der Waals surface area contributed by atoms with Gasteiger partial charge in [-0.15, -0.1) is 0 Å². The van der Waals surface area contributed by atoms with E-state index in [1.54, 1.807) is 0 Å². The Bertz CT molecular complexity index is 898. The van der Waals surface area contributed by atoms with E-state index >= 15 is 0 Å². The number of unbranched alkanes of at least 4 members (excludes halogenated alkanes) is 2. The molecule has 4 amide bonds. The maximum absolute atomic E-state index is 12.9. The molecular weight excluding hydrogens is 536 g/mol. The van der Waals surface area contributed by atoms with Crippen LogP contribution in [0.1, 0.15) is 64.2 Å². The van der Waals surface area contributed by atoms with Crippen LogP contribution in [0.25, 0.3) is 0 Å². The molecule has 1 heterocycles. The van der Waals surface area contributed by atoms with Crippen LogP contribution in [0.2, 0.25) is 0 Å². The first-order valence-electron chi connectivity index (χ1n) is 14.1. The van der Waals surface area contributed by atoms with Crippen molar-refractivity contribution < 1.29 is 29.1 Å². The summed E-state index contributed by atoms with van der Waals surface area (Å²) in [7, 11) is 0. The zero-order valence-corrected chi connectivity index (χ0v) is 23.7. The minimum Gasteiger partial charge on any atom is -0.480 e. The molecule has 0 aliphatic carbocycles. The number of aliphatic imine (C=N–C) groups is 1. The van der Waals surface area contributed by atoms with Gasteiger partial charge in [0.05, 0.1) is 12.6 Å². The van der Waals surface area contributed by atoms with E-state index in [0.717, 1.165) is 6.42 Å². The standard InChI is InChI=1S/C25H48N10O6/c26-11-3-1-7-16(28)23(39)35-14-6-10-19(35)22(38)32-15-20(36)33-17(9-5-13-31-25(29)30)21(37)34-18(24(40)41)8-2-4-12-27/h16-19H,1-15,26-28H2,(H,32,38)(H,33,36)(H,34,37)(H,40,41)(H4,29,30,31). The van der Waals surface area contributed by atoms with Crippen LogP contribution in [-0.2, 0) is 24.0 Å². The van der Waals surface area contributed by atoms with Crippen molar-refractivity contribution in [2.45, 2.75) is 88.4 Å². The molecule has 234 valence electrons. The first kappa shape index (κ1) is 35.5. The van der Waals surface area contributed by atoms with Gasteiger partial charge in [0.25, 0.3) is 0 Å². The molecule has 1 saturated heterocycles. The molecule has 1 rings (SSSR count). The van der Waals surface area contributed by atoms with Crippen LogP contribution < -0.4 is 44.6 Å². The fraction of sp³-hybridized carbons (Fsp3) is 0.760. The number of carboxylic acid groups (broad SMARTS) is 1. The molecule has 1 aliphatic heterocycles. The summed E-state index contributed by atoms with van der Waals surface area (Å²) >= 11 is 0. The average molecular weight is 585 g/mol. The van der Waals surface area contributed by atoms with Gasteiger partial charge < -0.3 is 54.6 Å². The van der Waals surface area contributed by atoms with E-state index in [1.165, 1.54) is 4.90 Å². The number of carboxylic acids is 1. The number of hydrogen-bond acceptors (Lipinski definition) is 9. The lowest BCUT2D eigenvalue weighted by Crippen LogP contribution is -2.54. The summed E-state index contributed by atoms with van der Waals surface area (Å²) in [5.41, 5.74) is 27.6. The summed E-state index contributed by atoms with van der Waals surface area (Å²) in [5, 5.41) is 17.0. The summed E-state index contributed by atoms with van der Waals surface area (Å²) < 4.78 is 0. The minimum absolute atomic E-state index is 0.115. The van der Waals surface area contributed by atoms with Crippen LogP contribution in [0, 0.1) is 0 Å². The monoisotopic (exact) mass is 584 g/mol. The third kappa shape index (κ3) is 13.6. The number of guanidine groups is 1. The molecule has 0 radical (unpaired) electrons. The molecule has 16 heteroatoms. The normalized spacial score (nSPS) is 16.8. The van der Waals surface area contributed by atoms with Crippen LogP contribution in [0.3, 0.4) is 0 Å². The number of aliphatic carboxylic acids is 1. The lowest BCUT2D eigenvalue weighted by atomic mass is 10.1. The number of nitrogens with one attached hydrogen (secondary N) is 3. The fourth-order valence-corrected chi connectivity index (χ4v) is 4.47. The lowest BCUT2D eigenvalue weighted by molar-refractivity contribution is -0.142. The Labute approximate surface area is 240 Å². The van der Waals surface area contributed by atoms with Crippen LogP contribution in [0.4, 0.5) is 0 Å². The molecular formula is C25H48N10O6. The van der Waals surface area contributed by atoms with Gasteiger partial charge in [0.1, 0.15) is 18.1 Å². The Kier molecular flexibility index (Phi) is 16.9. The van der Waals surface area contributed by atoms with Crippen molar-refractivity contribution in [3.63, 3.8) is 0 Å². The van der Waals surface area contributed by atoms with Crippen LogP contribution in [-0.4, -0.2) is 102 Å². The van der Waals surface area contributed by atoms with Crippen molar-refractivity contribution in [2.75, 3.05) is 32.7 Å². The Balaban J connectivity index is 2.76. The molecule has 0 aromatic carbocycles. The molecule has 4 unspecified atom stereocenters. The maximum Gasteiger partial charge on any atom is 0.326 e. The second-order valence-corrected chi connectivity index (χ2v) is 10.1. The Morgan fingerprint density at radius 3 is 2.15 bits per heavy atom. The van der Waals surface area contributed by atoms with Gasteiger partial charge in [-0.3, -0.25) is 24.2 Å². The maximum atomic E-state index is 12.9. The molecule has 16 nitrogen and oxygen atoms in total. The van der Waals surface area contributed by atoms with Gasteiger partial charge in [0, 0.05) is 13.1 Å². The fourth-order valence-electron chi connectivity index (χ4n) is 4.47. The van der Waals surface area contributed by atoms with Crippen LogP contribution in [0.15, 0.2) is 4.99 Å². The summed E-state index contributed by atoms with van der Waals surface area (Å²) in [6, 6.07) is -3.74. The van der Waals surface area contributed by atoms with E-state index in [1.807, 2.05) is 0 Å². The van der Waals surface area contributed by atoms with E-state index in [0.29, 0.717) is 64.6 Å². The number of likely N-dealkylation sites (tertiary alicyclic amines) is 1. The van der Waals surface area contributed by atoms with E-state index in [-0.39, 0.29) is 31.3 Å². The Morgan fingerprint density at radius 2 is 1.54 bits per heavy atom. The number of nitrogens with zero attached hydrogens (tertiary/aromatic N) is 2. The molecule has 0 aromatic rings. The molecule has 1 fully saturated rings. The number of rotatable bonds is 20. The molecule has 14 N–H and O–H groups in total.